The number of hydrogen-bond donors (Lipinski definition) is 1. The molecule has 0 amide bonds. The van der Waals surface area contributed by atoms with Crippen LogP contribution >= 0.6 is 15.9 Å². The minimum Gasteiger partial charge on any atom is -0.311 e. The molecule has 1 heterocycles. The van der Waals surface area contributed by atoms with Crippen molar-refractivity contribution in [2.75, 3.05) is 19.6 Å². The van der Waals surface area contributed by atoms with E-state index in [-0.39, 0.29) is 0 Å². The number of piperazine rings is 1. The van der Waals surface area contributed by atoms with Gasteiger partial charge in [-0.15, -0.1) is 0 Å². The van der Waals surface area contributed by atoms with Crippen molar-refractivity contribution >= 4 is 15.9 Å². The Balaban J connectivity index is 2.59. The zero-order valence-electron chi connectivity index (χ0n) is 11.7. The molecule has 0 aromatic carbocycles. The molecule has 1 N–H and O–H groups in total. The van der Waals surface area contributed by atoms with Crippen LogP contribution in [-0.4, -0.2) is 36.6 Å². The Labute approximate surface area is 115 Å². The molecule has 0 saturated carbocycles. The van der Waals surface area contributed by atoms with Crippen LogP contribution in [0.25, 0.3) is 0 Å². The van der Waals surface area contributed by atoms with Gasteiger partial charge in [0.1, 0.15) is 0 Å². The predicted molar refractivity (Wildman–Crippen MR) is 79.5 cm³/mol. The summed E-state index contributed by atoms with van der Waals surface area (Å²) in [6.45, 7) is 16.4. The molecule has 1 rings (SSSR count). The molecule has 17 heavy (non-hydrogen) atoms. The van der Waals surface area contributed by atoms with Gasteiger partial charge >= 0.3 is 0 Å². The second kappa shape index (κ2) is 6.91. The zero-order chi connectivity index (χ0) is 13.0. The van der Waals surface area contributed by atoms with Crippen molar-refractivity contribution in [3.8, 4) is 0 Å². The van der Waals surface area contributed by atoms with Gasteiger partial charge in [0.25, 0.3) is 0 Å². The van der Waals surface area contributed by atoms with Crippen molar-refractivity contribution in [2.24, 2.45) is 11.8 Å². The molecular weight excluding hydrogens is 276 g/mol. The highest BCUT2D eigenvalue weighted by molar-refractivity contribution is 9.11. The fourth-order valence-electron chi connectivity index (χ4n) is 2.69. The van der Waals surface area contributed by atoms with E-state index in [9.17, 15) is 0 Å². The maximum atomic E-state index is 3.98. The molecule has 100 valence electrons. The molecular formula is C14H27BrN2. The van der Waals surface area contributed by atoms with Crippen LogP contribution in [0.4, 0.5) is 0 Å². The largest absolute Gasteiger partial charge is 0.311 e. The summed E-state index contributed by atoms with van der Waals surface area (Å²) in [6, 6.07) is 1.27. The average molecular weight is 303 g/mol. The molecule has 0 aliphatic carbocycles. The Hall–Kier alpha value is 0.140. The minimum atomic E-state index is 0.632. The molecule has 3 heteroatoms. The Morgan fingerprint density at radius 3 is 2.53 bits per heavy atom. The Morgan fingerprint density at radius 2 is 2.06 bits per heavy atom. The summed E-state index contributed by atoms with van der Waals surface area (Å²) >= 11 is 3.50. The lowest BCUT2D eigenvalue weighted by atomic mass is 9.95. The summed E-state index contributed by atoms with van der Waals surface area (Å²) in [5.41, 5.74) is 0. The maximum Gasteiger partial charge on any atom is 0.0298 e. The molecule has 0 bridgehead atoms. The van der Waals surface area contributed by atoms with E-state index < -0.39 is 0 Å². The van der Waals surface area contributed by atoms with Gasteiger partial charge in [-0.25, -0.2) is 0 Å². The molecule has 0 spiro atoms. The maximum absolute atomic E-state index is 3.98. The summed E-state index contributed by atoms with van der Waals surface area (Å²) < 4.78 is 1.09. The van der Waals surface area contributed by atoms with Crippen molar-refractivity contribution in [3.63, 3.8) is 0 Å². The first kappa shape index (κ1) is 15.2. The van der Waals surface area contributed by atoms with Gasteiger partial charge in [-0.05, 0) is 18.3 Å². The minimum absolute atomic E-state index is 0.632. The van der Waals surface area contributed by atoms with E-state index in [1.165, 1.54) is 6.42 Å². The first-order chi connectivity index (χ1) is 7.90. The van der Waals surface area contributed by atoms with E-state index >= 15 is 0 Å². The number of nitrogens with zero attached hydrogens (tertiary/aromatic N) is 1. The average Bonchev–Trinajstić information content (AvgIpc) is 2.15. The lowest BCUT2D eigenvalue weighted by Crippen LogP contribution is -2.58. The van der Waals surface area contributed by atoms with Gasteiger partial charge in [0.2, 0.25) is 0 Å². The van der Waals surface area contributed by atoms with E-state index in [1.54, 1.807) is 0 Å². The second-order valence-electron chi connectivity index (χ2n) is 5.99. The van der Waals surface area contributed by atoms with E-state index in [2.05, 4.69) is 60.4 Å². The topological polar surface area (TPSA) is 15.3 Å². The fraction of sp³-hybridized carbons (Fsp3) is 0.857. The monoisotopic (exact) mass is 302 g/mol. The fourth-order valence-corrected chi connectivity index (χ4v) is 3.01. The Kier molecular flexibility index (Phi) is 6.18. The molecule has 1 aliphatic heterocycles. The summed E-state index contributed by atoms with van der Waals surface area (Å²) in [6.07, 6.45) is 1.26. The van der Waals surface area contributed by atoms with E-state index in [0.29, 0.717) is 18.0 Å². The van der Waals surface area contributed by atoms with Crippen LogP contribution < -0.4 is 5.32 Å². The third-order valence-electron chi connectivity index (χ3n) is 3.44. The van der Waals surface area contributed by atoms with Crippen molar-refractivity contribution in [1.29, 1.82) is 0 Å². The van der Waals surface area contributed by atoms with Crippen LogP contribution in [0.5, 0.6) is 0 Å². The molecule has 0 radical (unpaired) electrons. The van der Waals surface area contributed by atoms with Crippen LogP contribution in [0.1, 0.15) is 34.1 Å². The first-order valence-corrected chi connectivity index (χ1v) is 7.50. The smallest absolute Gasteiger partial charge is 0.0298 e. The SMILES string of the molecule is C=C(Br)CN1CC(CC(C)C)NCC1C(C)C. The molecule has 0 aromatic rings. The van der Waals surface area contributed by atoms with Crippen LogP contribution in [0, 0.1) is 11.8 Å². The van der Waals surface area contributed by atoms with E-state index in [0.717, 1.165) is 30.0 Å². The van der Waals surface area contributed by atoms with Crippen molar-refractivity contribution in [1.82, 2.24) is 10.2 Å². The Bertz CT molecular complexity index is 251. The number of hydrogen-bond acceptors (Lipinski definition) is 2. The highest BCUT2D eigenvalue weighted by atomic mass is 79.9. The summed E-state index contributed by atoms with van der Waals surface area (Å²) in [7, 11) is 0. The lowest BCUT2D eigenvalue weighted by Gasteiger charge is -2.42. The summed E-state index contributed by atoms with van der Waals surface area (Å²) in [5, 5.41) is 3.70. The van der Waals surface area contributed by atoms with Gasteiger partial charge in [-0.2, -0.15) is 0 Å². The van der Waals surface area contributed by atoms with Gasteiger partial charge < -0.3 is 5.32 Å². The highest BCUT2D eigenvalue weighted by Gasteiger charge is 2.29. The van der Waals surface area contributed by atoms with Crippen molar-refractivity contribution < 1.29 is 0 Å². The standard InChI is InChI=1S/C14H27BrN2/c1-10(2)6-13-9-17(8-12(5)15)14(7-16-13)11(3)4/h10-11,13-14,16H,5-9H2,1-4H3. The molecule has 2 unspecified atom stereocenters. The van der Waals surface area contributed by atoms with Crippen LogP contribution in [0.2, 0.25) is 0 Å². The third-order valence-corrected chi connectivity index (χ3v) is 3.69. The van der Waals surface area contributed by atoms with Gasteiger partial charge in [-0.1, -0.05) is 50.2 Å². The molecule has 1 saturated heterocycles. The molecule has 1 fully saturated rings. The number of rotatable bonds is 5. The molecule has 2 atom stereocenters. The number of halogens is 1. The van der Waals surface area contributed by atoms with E-state index in [1.807, 2.05) is 0 Å². The summed E-state index contributed by atoms with van der Waals surface area (Å²) in [5.74, 6) is 1.45. The van der Waals surface area contributed by atoms with Gasteiger partial charge in [0, 0.05) is 36.2 Å². The van der Waals surface area contributed by atoms with Crippen molar-refractivity contribution in [3.05, 3.63) is 11.1 Å². The van der Waals surface area contributed by atoms with E-state index in [4.69, 9.17) is 0 Å². The quantitative estimate of drug-likeness (QED) is 0.839. The zero-order valence-corrected chi connectivity index (χ0v) is 13.3. The normalized spacial score (nSPS) is 26.8. The third kappa shape index (κ3) is 5.11. The summed E-state index contributed by atoms with van der Waals surface area (Å²) in [4.78, 5) is 2.57. The Morgan fingerprint density at radius 1 is 1.41 bits per heavy atom. The molecule has 0 aromatic heterocycles. The number of nitrogens with one attached hydrogen (secondary N) is 1. The van der Waals surface area contributed by atoms with Gasteiger partial charge in [-0.3, -0.25) is 4.90 Å². The van der Waals surface area contributed by atoms with Gasteiger partial charge in [0.05, 0.1) is 0 Å². The second-order valence-corrected chi connectivity index (χ2v) is 7.11. The predicted octanol–water partition coefficient (Wildman–Crippen LogP) is 3.24. The van der Waals surface area contributed by atoms with Crippen LogP contribution in [-0.2, 0) is 0 Å². The molecule has 2 nitrogen and oxygen atoms in total. The molecule has 1 aliphatic rings. The van der Waals surface area contributed by atoms with Crippen LogP contribution in [0.15, 0.2) is 11.1 Å². The van der Waals surface area contributed by atoms with Crippen LogP contribution in [0.3, 0.4) is 0 Å². The highest BCUT2D eigenvalue weighted by Crippen LogP contribution is 2.20. The first-order valence-electron chi connectivity index (χ1n) is 6.70. The van der Waals surface area contributed by atoms with Gasteiger partial charge in [0.15, 0.2) is 0 Å². The van der Waals surface area contributed by atoms with Crippen molar-refractivity contribution in [2.45, 2.75) is 46.2 Å². The lowest BCUT2D eigenvalue weighted by molar-refractivity contribution is 0.104.